The predicted octanol–water partition coefficient (Wildman–Crippen LogP) is 1.38. The minimum Gasteiger partial charge on any atom is -0.378 e. The Morgan fingerprint density at radius 2 is 2.38 bits per heavy atom. The number of ether oxygens (including phenoxy) is 1. The molecule has 0 N–H and O–H groups in total. The quantitative estimate of drug-likeness (QED) is 0.467. The van der Waals surface area contributed by atoms with E-state index < -0.39 is 6.17 Å². The minimum absolute atomic E-state index is 0.212. The summed E-state index contributed by atoms with van der Waals surface area (Å²) in [5.74, 6) is 0.212. The van der Waals surface area contributed by atoms with Crippen LogP contribution in [0.15, 0.2) is 0 Å². The summed E-state index contributed by atoms with van der Waals surface area (Å²) in [6.07, 6.45) is 0.157. The van der Waals surface area contributed by atoms with Crippen molar-refractivity contribution >= 4 is 0 Å². The zero-order chi connectivity index (χ0) is 5.98. The molecule has 0 aliphatic carbocycles. The number of alkyl halides is 1. The Hall–Kier alpha value is -0.110. The molecule has 0 bridgehead atoms. The average molecular weight is 118 g/mol. The first-order chi connectivity index (χ1) is 3.80. The van der Waals surface area contributed by atoms with Gasteiger partial charge in [-0.25, -0.2) is 4.39 Å². The lowest BCUT2D eigenvalue weighted by molar-refractivity contribution is 0.00451. The van der Waals surface area contributed by atoms with Crippen LogP contribution in [0.3, 0.4) is 0 Å². The summed E-state index contributed by atoms with van der Waals surface area (Å²) < 4.78 is 17.3. The van der Waals surface area contributed by atoms with Gasteiger partial charge < -0.3 is 4.74 Å². The van der Waals surface area contributed by atoms with Crippen LogP contribution in [0.4, 0.5) is 4.39 Å². The summed E-state index contributed by atoms with van der Waals surface area (Å²) in [5, 5.41) is 0. The Morgan fingerprint density at radius 1 is 1.62 bits per heavy atom. The second-order valence-electron chi connectivity index (χ2n) is 2.36. The van der Waals surface area contributed by atoms with Gasteiger partial charge in [0.05, 0.1) is 6.61 Å². The summed E-state index contributed by atoms with van der Waals surface area (Å²) in [6.45, 7) is 2.97. The molecule has 1 rings (SSSR count). The number of hydrogen-bond donors (Lipinski definition) is 0. The smallest absolute Gasteiger partial charge is 0.126 e. The van der Waals surface area contributed by atoms with E-state index in [2.05, 4.69) is 0 Å². The third-order valence-corrected chi connectivity index (χ3v) is 1.61. The summed E-state index contributed by atoms with van der Waals surface area (Å²) in [4.78, 5) is 0. The maximum Gasteiger partial charge on any atom is 0.126 e. The van der Waals surface area contributed by atoms with Crippen LogP contribution in [0.5, 0.6) is 0 Å². The summed E-state index contributed by atoms with van der Waals surface area (Å²) in [6, 6.07) is 0. The first-order valence-corrected chi connectivity index (χ1v) is 3.02. The maximum atomic E-state index is 12.5. The van der Waals surface area contributed by atoms with Crippen molar-refractivity contribution in [3.05, 3.63) is 0 Å². The second-order valence-corrected chi connectivity index (χ2v) is 2.36. The summed E-state index contributed by atoms with van der Waals surface area (Å²) >= 11 is 0. The molecule has 0 spiro atoms. The van der Waals surface area contributed by atoms with Gasteiger partial charge in [0.25, 0.3) is 0 Å². The normalized spacial score (nSPS) is 39.8. The lowest BCUT2D eigenvalue weighted by Crippen LogP contribution is -2.26. The third kappa shape index (κ3) is 1.19. The monoisotopic (exact) mass is 118 g/mol. The molecule has 0 aromatic carbocycles. The van der Waals surface area contributed by atoms with Crippen LogP contribution in [0.25, 0.3) is 0 Å². The Kier molecular flexibility index (Phi) is 1.84. The molecule has 1 aliphatic heterocycles. The lowest BCUT2D eigenvalue weighted by Gasteiger charge is -2.21. The highest BCUT2D eigenvalue weighted by Gasteiger charge is 2.20. The van der Waals surface area contributed by atoms with E-state index in [0.717, 1.165) is 13.0 Å². The molecule has 1 unspecified atom stereocenters. The highest BCUT2D eigenvalue weighted by atomic mass is 19.1. The predicted molar refractivity (Wildman–Crippen MR) is 29.5 cm³/mol. The van der Waals surface area contributed by atoms with Crippen molar-refractivity contribution in [2.45, 2.75) is 19.5 Å². The summed E-state index contributed by atoms with van der Waals surface area (Å²) in [7, 11) is 0. The van der Waals surface area contributed by atoms with Gasteiger partial charge in [0.15, 0.2) is 0 Å². The fraction of sp³-hybridized carbons (Fsp3) is 1.00. The molecule has 1 fully saturated rings. The van der Waals surface area contributed by atoms with Gasteiger partial charge in [-0.15, -0.1) is 0 Å². The van der Waals surface area contributed by atoms with Crippen molar-refractivity contribution in [2.75, 3.05) is 13.2 Å². The molecule has 1 saturated heterocycles. The highest BCUT2D eigenvalue weighted by Crippen LogP contribution is 2.16. The molecule has 0 radical (unpaired) electrons. The van der Waals surface area contributed by atoms with Crippen molar-refractivity contribution in [1.29, 1.82) is 0 Å². The molecule has 2 heteroatoms. The molecular formula is C6H11FO. The maximum absolute atomic E-state index is 12.5. The van der Waals surface area contributed by atoms with Gasteiger partial charge in [-0.2, -0.15) is 0 Å². The fourth-order valence-electron chi connectivity index (χ4n) is 0.810. The van der Waals surface area contributed by atoms with Gasteiger partial charge >= 0.3 is 0 Å². The minimum atomic E-state index is -0.719. The first kappa shape index (κ1) is 6.02. The molecule has 8 heavy (non-hydrogen) atoms. The van der Waals surface area contributed by atoms with E-state index in [-0.39, 0.29) is 5.92 Å². The van der Waals surface area contributed by atoms with E-state index in [1.165, 1.54) is 0 Å². The van der Waals surface area contributed by atoms with Crippen LogP contribution in [-0.4, -0.2) is 19.4 Å². The van der Waals surface area contributed by atoms with E-state index in [1.54, 1.807) is 0 Å². The van der Waals surface area contributed by atoms with E-state index in [1.807, 2.05) is 6.92 Å². The lowest BCUT2D eigenvalue weighted by atomic mass is 10.0. The molecule has 0 amide bonds. The first-order valence-electron chi connectivity index (χ1n) is 3.02. The van der Waals surface area contributed by atoms with Crippen LogP contribution in [-0.2, 0) is 4.74 Å². The third-order valence-electron chi connectivity index (χ3n) is 1.61. The Labute approximate surface area is 48.8 Å². The zero-order valence-electron chi connectivity index (χ0n) is 5.06. The number of rotatable bonds is 0. The van der Waals surface area contributed by atoms with E-state index in [9.17, 15) is 4.39 Å². The van der Waals surface area contributed by atoms with Gasteiger partial charge in [-0.3, -0.25) is 0 Å². The Bertz CT molecular complexity index is 64.9. The summed E-state index contributed by atoms with van der Waals surface area (Å²) in [5.41, 5.74) is 0. The highest BCUT2D eigenvalue weighted by molar-refractivity contribution is 4.67. The van der Waals surface area contributed by atoms with Crippen LogP contribution in [0.1, 0.15) is 13.3 Å². The van der Waals surface area contributed by atoms with Gasteiger partial charge in [0.2, 0.25) is 0 Å². The van der Waals surface area contributed by atoms with E-state index in [4.69, 9.17) is 4.74 Å². The molecule has 48 valence electrons. The molecule has 1 heterocycles. The zero-order valence-corrected chi connectivity index (χ0v) is 5.06. The van der Waals surface area contributed by atoms with Crippen LogP contribution in [0, 0.1) is 5.92 Å². The van der Waals surface area contributed by atoms with Crippen molar-refractivity contribution in [3.8, 4) is 0 Å². The van der Waals surface area contributed by atoms with Crippen molar-refractivity contribution < 1.29 is 9.13 Å². The molecule has 0 aromatic rings. The molecule has 0 aromatic heterocycles. The van der Waals surface area contributed by atoms with Crippen LogP contribution >= 0.6 is 0 Å². The standard InChI is InChI=1S/C6H11FO/c1-5-2-3-8-4-6(5)7/h5-6H,2-4H2,1H3/t5?,6-/m0/s1. The number of halogens is 1. The van der Waals surface area contributed by atoms with Gasteiger partial charge in [0, 0.05) is 6.61 Å². The molecule has 2 atom stereocenters. The van der Waals surface area contributed by atoms with Crippen molar-refractivity contribution in [3.63, 3.8) is 0 Å². The molecule has 1 nitrogen and oxygen atoms in total. The fourth-order valence-corrected chi connectivity index (χ4v) is 0.810. The van der Waals surface area contributed by atoms with Crippen molar-refractivity contribution in [1.82, 2.24) is 0 Å². The van der Waals surface area contributed by atoms with Gasteiger partial charge in [-0.05, 0) is 12.3 Å². The van der Waals surface area contributed by atoms with E-state index in [0.29, 0.717) is 6.61 Å². The van der Waals surface area contributed by atoms with Gasteiger partial charge in [-0.1, -0.05) is 6.92 Å². The molecule has 1 aliphatic rings. The van der Waals surface area contributed by atoms with Gasteiger partial charge in [0.1, 0.15) is 6.17 Å². The average Bonchev–Trinajstić information content (AvgIpc) is 1.77. The van der Waals surface area contributed by atoms with Crippen LogP contribution < -0.4 is 0 Å². The number of hydrogen-bond acceptors (Lipinski definition) is 1. The SMILES string of the molecule is CC1CCOC[C@@H]1F. The Balaban J connectivity index is 2.28. The second kappa shape index (κ2) is 2.44. The van der Waals surface area contributed by atoms with Crippen LogP contribution in [0.2, 0.25) is 0 Å². The van der Waals surface area contributed by atoms with Crippen molar-refractivity contribution in [2.24, 2.45) is 5.92 Å². The largest absolute Gasteiger partial charge is 0.378 e. The molecular weight excluding hydrogens is 107 g/mol. The molecule has 0 saturated carbocycles. The topological polar surface area (TPSA) is 9.23 Å². The van der Waals surface area contributed by atoms with E-state index >= 15 is 0 Å². The Morgan fingerprint density at radius 3 is 2.75 bits per heavy atom.